The fourth-order valence-electron chi connectivity index (χ4n) is 3.45. The van der Waals surface area contributed by atoms with Gasteiger partial charge in [-0.25, -0.2) is 0 Å². The van der Waals surface area contributed by atoms with Crippen molar-refractivity contribution < 1.29 is 4.79 Å². The van der Waals surface area contributed by atoms with Crippen LogP contribution < -0.4 is 5.32 Å². The molecule has 0 radical (unpaired) electrons. The average Bonchev–Trinajstić information content (AvgIpc) is 3.21. The predicted octanol–water partition coefficient (Wildman–Crippen LogP) is 7.92. The molecule has 5 nitrogen and oxygen atoms in total. The molecule has 0 saturated heterocycles. The van der Waals surface area contributed by atoms with Crippen molar-refractivity contribution in [2.45, 2.75) is 31.3 Å². The van der Waals surface area contributed by atoms with E-state index in [2.05, 4.69) is 48.4 Å². The molecule has 180 valence electrons. The Balaban J connectivity index is 1.61. The Morgan fingerprint density at radius 3 is 2.11 bits per heavy atom. The number of hydrogen-bond acceptors (Lipinski definition) is 4. The summed E-state index contributed by atoms with van der Waals surface area (Å²) in [6.07, 6.45) is 0. The summed E-state index contributed by atoms with van der Waals surface area (Å²) >= 11 is 19.5. The minimum Gasteiger partial charge on any atom is -0.325 e. The van der Waals surface area contributed by atoms with Gasteiger partial charge in [0.05, 0.1) is 5.75 Å². The second-order valence-electron chi connectivity index (χ2n) is 8.94. The maximum absolute atomic E-state index is 12.6. The second-order valence-corrected chi connectivity index (χ2v) is 11.2. The summed E-state index contributed by atoms with van der Waals surface area (Å²) in [6, 6.07) is 20.6. The smallest absolute Gasteiger partial charge is 0.234 e. The van der Waals surface area contributed by atoms with E-state index in [1.165, 1.54) is 17.3 Å². The Morgan fingerprint density at radius 2 is 1.51 bits per heavy atom. The SMILES string of the molecule is CC(C)(C)c1ccc(-c2nnc(SCC(=O)Nc3cc(Cl)cc(Cl)c3)n2-c2ccc(Cl)cc2)cc1. The van der Waals surface area contributed by atoms with E-state index in [9.17, 15) is 4.79 Å². The number of rotatable bonds is 6. The van der Waals surface area contributed by atoms with Crippen molar-refractivity contribution in [3.8, 4) is 17.1 Å². The number of amides is 1. The molecular weight excluding hydrogens is 523 g/mol. The Hall–Kier alpha value is -2.51. The molecule has 0 saturated carbocycles. The van der Waals surface area contributed by atoms with E-state index in [1.54, 1.807) is 18.2 Å². The lowest BCUT2D eigenvalue weighted by Gasteiger charge is -2.19. The topological polar surface area (TPSA) is 59.8 Å². The number of benzene rings is 3. The molecule has 0 spiro atoms. The predicted molar refractivity (Wildman–Crippen MR) is 146 cm³/mol. The van der Waals surface area contributed by atoms with Crippen LogP contribution in [-0.4, -0.2) is 26.4 Å². The third-order valence-electron chi connectivity index (χ3n) is 5.21. The van der Waals surface area contributed by atoms with Gasteiger partial charge in [0, 0.05) is 32.0 Å². The van der Waals surface area contributed by atoms with Gasteiger partial charge in [-0.1, -0.05) is 91.6 Å². The van der Waals surface area contributed by atoms with Crippen LogP contribution in [0, 0.1) is 0 Å². The maximum atomic E-state index is 12.6. The second kappa shape index (κ2) is 10.6. The Kier molecular flexibility index (Phi) is 7.77. The van der Waals surface area contributed by atoms with Gasteiger partial charge >= 0.3 is 0 Å². The Labute approximate surface area is 223 Å². The third-order valence-corrected chi connectivity index (χ3v) is 6.82. The highest BCUT2D eigenvalue weighted by atomic mass is 35.5. The maximum Gasteiger partial charge on any atom is 0.234 e. The van der Waals surface area contributed by atoms with Crippen LogP contribution in [0.25, 0.3) is 17.1 Å². The van der Waals surface area contributed by atoms with Crippen LogP contribution in [-0.2, 0) is 10.2 Å². The molecule has 4 rings (SSSR count). The molecule has 0 bridgehead atoms. The number of aromatic nitrogens is 3. The van der Waals surface area contributed by atoms with Gasteiger partial charge < -0.3 is 5.32 Å². The number of carbonyl (C=O) groups is 1. The molecule has 35 heavy (non-hydrogen) atoms. The molecule has 0 atom stereocenters. The zero-order valence-electron chi connectivity index (χ0n) is 19.3. The summed E-state index contributed by atoms with van der Waals surface area (Å²) < 4.78 is 1.93. The number of thioether (sulfide) groups is 1. The van der Waals surface area contributed by atoms with E-state index in [0.29, 0.717) is 31.7 Å². The molecule has 3 aromatic carbocycles. The summed E-state index contributed by atoms with van der Waals surface area (Å²) in [5, 5.41) is 13.8. The molecule has 0 aliphatic carbocycles. The number of hydrogen-bond donors (Lipinski definition) is 1. The van der Waals surface area contributed by atoms with E-state index in [-0.39, 0.29) is 17.1 Å². The van der Waals surface area contributed by atoms with Crippen molar-refractivity contribution in [2.75, 3.05) is 11.1 Å². The highest BCUT2D eigenvalue weighted by Gasteiger charge is 2.19. The van der Waals surface area contributed by atoms with Crippen LogP contribution in [0.1, 0.15) is 26.3 Å². The van der Waals surface area contributed by atoms with Crippen molar-refractivity contribution in [2.24, 2.45) is 0 Å². The first kappa shape index (κ1) is 25.6. The van der Waals surface area contributed by atoms with Gasteiger partial charge in [0.25, 0.3) is 0 Å². The summed E-state index contributed by atoms with van der Waals surface area (Å²) in [5.74, 6) is 0.589. The molecule has 1 heterocycles. The lowest BCUT2D eigenvalue weighted by molar-refractivity contribution is -0.113. The van der Waals surface area contributed by atoms with Crippen molar-refractivity contribution in [1.29, 1.82) is 0 Å². The van der Waals surface area contributed by atoms with Crippen molar-refractivity contribution >= 4 is 58.2 Å². The van der Waals surface area contributed by atoms with Crippen LogP contribution in [0.15, 0.2) is 71.9 Å². The summed E-state index contributed by atoms with van der Waals surface area (Å²) in [4.78, 5) is 12.6. The van der Waals surface area contributed by atoms with Crippen LogP contribution in [0.2, 0.25) is 15.1 Å². The van der Waals surface area contributed by atoms with E-state index < -0.39 is 0 Å². The molecule has 0 unspecified atom stereocenters. The molecule has 0 fully saturated rings. The minimum atomic E-state index is -0.213. The van der Waals surface area contributed by atoms with Crippen LogP contribution in [0.3, 0.4) is 0 Å². The average molecular weight is 546 g/mol. The number of halogens is 3. The molecular formula is C26H23Cl3N4OS. The molecule has 1 aromatic heterocycles. The normalized spacial score (nSPS) is 11.5. The van der Waals surface area contributed by atoms with Crippen LogP contribution in [0.5, 0.6) is 0 Å². The Morgan fingerprint density at radius 1 is 0.886 bits per heavy atom. The largest absolute Gasteiger partial charge is 0.325 e. The first-order valence-corrected chi connectivity index (χ1v) is 12.9. The lowest BCUT2D eigenvalue weighted by Crippen LogP contribution is -2.14. The third kappa shape index (κ3) is 6.39. The summed E-state index contributed by atoms with van der Waals surface area (Å²) in [6.45, 7) is 6.53. The fraction of sp³-hybridized carbons (Fsp3) is 0.192. The van der Waals surface area contributed by atoms with Gasteiger partial charge in [-0.15, -0.1) is 10.2 Å². The zero-order valence-corrected chi connectivity index (χ0v) is 22.4. The number of nitrogens with one attached hydrogen (secondary N) is 1. The van der Waals surface area contributed by atoms with Gasteiger partial charge in [-0.2, -0.15) is 0 Å². The van der Waals surface area contributed by atoms with Gasteiger partial charge in [0.15, 0.2) is 11.0 Å². The van der Waals surface area contributed by atoms with E-state index >= 15 is 0 Å². The van der Waals surface area contributed by atoms with Gasteiger partial charge in [-0.05, 0) is 53.4 Å². The summed E-state index contributed by atoms with van der Waals surface area (Å²) in [7, 11) is 0. The Bertz CT molecular complexity index is 1330. The van der Waals surface area contributed by atoms with E-state index in [0.717, 1.165) is 11.3 Å². The standard InChI is InChI=1S/C26H23Cl3N4OS/c1-26(2,3)17-6-4-16(5-7-17)24-31-32-25(33(24)22-10-8-18(27)9-11-22)35-15-23(34)30-21-13-19(28)12-20(29)14-21/h4-14H,15H2,1-3H3,(H,30,34). The number of carbonyl (C=O) groups excluding carboxylic acids is 1. The molecule has 4 aromatic rings. The quantitative estimate of drug-likeness (QED) is 0.250. The monoisotopic (exact) mass is 544 g/mol. The van der Waals surface area contributed by atoms with E-state index in [4.69, 9.17) is 34.8 Å². The number of anilines is 1. The number of nitrogens with zero attached hydrogens (tertiary/aromatic N) is 3. The van der Waals surface area contributed by atoms with Crippen molar-refractivity contribution in [3.05, 3.63) is 87.4 Å². The first-order valence-electron chi connectivity index (χ1n) is 10.8. The zero-order chi connectivity index (χ0) is 25.2. The summed E-state index contributed by atoms with van der Waals surface area (Å²) in [5.41, 5.74) is 3.58. The lowest BCUT2D eigenvalue weighted by atomic mass is 9.87. The first-order chi connectivity index (χ1) is 16.6. The van der Waals surface area contributed by atoms with Gasteiger partial charge in [0.1, 0.15) is 0 Å². The molecule has 0 aliphatic heterocycles. The highest BCUT2D eigenvalue weighted by molar-refractivity contribution is 7.99. The van der Waals surface area contributed by atoms with Crippen molar-refractivity contribution in [1.82, 2.24) is 14.8 Å². The minimum absolute atomic E-state index is 0.0456. The van der Waals surface area contributed by atoms with Crippen LogP contribution >= 0.6 is 46.6 Å². The molecule has 9 heteroatoms. The van der Waals surface area contributed by atoms with Crippen LogP contribution in [0.4, 0.5) is 5.69 Å². The van der Waals surface area contributed by atoms with Gasteiger partial charge in [0.2, 0.25) is 5.91 Å². The molecule has 0 aliphatic rings. The van der Waals surface area contributed by atoms with Crippen molar-refractivity contribution in [3.63, 3.8) is 0 Å². The van der Waals surface area contributed by atoms with E-state index in [1.807, 2.05) is 41.0 Å². The molecule has 1 N–H and O–H groups in total. The molecule has 1 amide bonds. The fourth-order valence-corrected chi connectivity index (χ4v) is 4.85. The van der Waals surface area contributed by atoms with Gasteiger partial charge in [-0.3, -0.25) is 9.36 Å². The highest BCUT2D eigenvalue weighted by Crippen LogP contribution is 2.31.